The van der Waals surface area contributed by atoms with Crippen molar-refractivity contribution in [1.29, 1.82) is 10.8 Å². The predicted molar refractivity (Wildman–Crippen MR) is 119 cm³/mol. The summed E-state index contributed by atoms with van der Waals surface area (Å²) in [6.45, 7) is 1.35. The molecule has 0 heterocycles. The van der Waals surface area contributed by atoms with E-state index in [0.29, 0.717) is 24.3 Å². The van der Waals surface area contributed by atoms with Crippen molar-refractivity contribution in [2.24, 2.45) is 11.5 Å². The maximum Gasteiger partial charge on any atom is 0.122 e. The topological polar surface area (TPSA) is 118 Å². The van der Waals surface area contributed by atoms with Crippen LogP contribution in [0, 0.1) is 10.8 Å². The quantitative estimate of drug-likeness (QED) is 0.245. The lowest BCUT2D eigenvalue weighted by Gasteiger charge is -2.08. The number of unbranched alkanes of at least 4 members (excludes halogenated alkanes) is 3. The Bertz CT molecular complexity index is 658. The van der Waals surface area contributed by atoms with E-state index in [-0.39, 0.29) is 36.5 Å². The Kier molecular flexibility index (Phi) is 12.5. The highest BCUT2D eigenvalue weighted by atomic mass is 35.5. The largest absolute Gasteiger partial charge is 0.494 e. The first kappa shape index (κ1) is 25.6. The minimum Gasteiger partial charge on any atom is -0.494 e. The van der Waals surface area contributed by atoms with E-state index < -0.39 is 0 Å². The van der Waals surface area contributed by atoms with Gasteiger partial charge in [-0.05, 0) is 74.2 Å². The Morgan fingerprint density at radius 2 is 0.929 bits per heavy atom. The molecule has 2 aromatic carbocycles. The van der Waals surface area contributed by atoms with E-state index in [2.05, 4.69) is 0 Å². The molecule has 0 atom stereocenters. The van der Waals surface area contributed by atoms with Crippen LogP contribution in [0.3, 0.4) is 0 Å². The molecule has 0 bridgehead atoms. The minimum absolute atomic E-state index is 0. The van der Waals surface area contributed by atoms with Gasteiger partial charge in [-0.1, -0.05) is 0 Å². The van der Waals surface area contributed by atoms with Crippen molar-refractivity contribution < 1.29 is 9.47 Å². The fourth-order valence-corrected chi connectivity index (χ4v) is 2.40. The number of nitrogens with one attached hydrogen (secondary N) is 2. The molecule has 0 aliphatic rings. The minimum atomic E-state index is 0. The molecular formula is C20H28Cl2N4O2. The van der Waals surface area contributed by atoms with Crippen LogP contribution >= 0.6 is 24.8 Å². The van der Waals surface area contributed by atoms with Gasteiger partial charge in [0.05, 0.1) is 13.2 Å². The molecule has 0 amide bonds. The second kappa shape index (κ2) is 13.7. The highest BCUT2D eigenvalue weighted by molar-refractivity contribution is 5.95. The number of hydrogen-bond donors (Lipinski definition) is 4. The standard InChI is InChI=1S/C20H26N4O2.2ClH/c21-19(22)15-5-9-17(10-6-15)25-13-3-1-2-4-14-26-18-11-7-16(8-12-18)20(23)24;;/h5-12H,1-4,13-14H2,(H3,21,22)(H3,23,24);2*1H. The summed E-state index contributed by atoms with van der Waals surface area (Å²) in [5.74, 6) is 1.72. The van der Waals surface area contributed by atoms with Crippen molar-refractivity contribution in [3.05, 3.63) is 59.7 Å². The van der Waals surface area contributed by atoms with Crippen molar-refractivity contribution in [2.45, 2.75) is 25.7 Å². The van der Waals surface area contributed by atoms with Crippen LogP contribution in [0.25, 0.3) is 0 Å². The second-order valence-electron chi connectivity index (χ2n) is 5.99. The van der Waals surface area contributed by atoms with Crippen molar-refractivity contribution in [1.82, 2.24) is 0 Å². The number of nitrogen functional groups attached to an aromatic ring is 2. The Morgan fingerprint density at radius 3 is 1.21 bits per heavy atom. The lowest BCUT2D eigenvalue weighted by Crippen LogP contribution is -2.10. The number of hydrogen-bond acceptors (Lipinski definition) is 4. The molecule has 0 saturated heterocycles. The number of nitrogens with two attached hydrogens (primary N) is 2. The zero-order chi connectivity index (χ0) is 18.8. The summed E-state index contributed by atoms with van der Waals surface area (Å²) in [5.41, 5.74) is 12.2. The summed E-state index contributed by atoms with van der Waals surface area (Å²) in [6.07, 6.45) is 4.14. The first-order valence-corrected chi connectivity index (χ1v) is 8.71. The van der Waals surface area contributed by atoms with Gasteiger partial charge in [0.15, 0.2) is 0 Å². The Balaban J connectivity index is 0.00000364. The maximum atomic E-state index is 7.35. The Morgan fingerprint density at radius 1 is 0.607 bits per heavy atom. The average molecular weight is 427 g/mol. The summed E-state index contributed by atoms with van der Waals surface area (Å²) in [6, 6.07) is 14.5. The highest BCUT2D eigenvalue weighted by Crippen LogP contribution is 2.14. The van der Waals surface area contributed by atoms with E-state index in [1.54, 1.807) is 24.3 Å². The van der Waals surface area contributed by atoms with Crippen LogP contribution < -0.4 is 20.9 Å². The van der Waals surface area contributed by atoms with Gasteiger partial charge in [-0.3, -0.25) is 10.8 Å². The predicted octanol–water partition coefficient (Wildman–Crippen LogP) is 4.12. The van der Waals surface area contributed by atoms with Gasteiger partial charge in [-0.25, -0.2) is 0 Å². The fraction of sp³-hybridized carbons (Fsp3) is 0.300. The molecule has 0 saturated carbocycles. The van der Waals surface area contributed by atoms with Crippen LogP contribution in [0.2, 0.25) is 0 Å². The van der Waals surface area contributed by atoms with Gasteiger partial charge in [0, 0.05) is 11.1 Å². The molecule has 6 nitrogen and oxygen atoms in total. The van der Waals surface area contributed by atoms with Gasteiger partial charge in [0.25, 0.3) is 0 Å². The summed E-state index contributed by atoms with van der Waals surface area (Å²) < 4.78 is 11.4. The number of benzene rings is 2. The smallest absolute Gasteiger partial charge is 0.122 e. The number of halogens is 2. The van der Waals surface area contributed by atoms with Crippen molar-refractivity contribution >= 4 is 36.5 Å². The molecule has 154 valence electrons. The molecule has 2 rings (SSSR count). The molecule has 0 spiro atoms. The maximum absolute atomic E-state index is 7.35. The third-order valence-corrected chi connectivity index (χ3v) is 3.91. The van der Waals surface area contributed by atoms with Gasteiger partial charge < -0.3 is 20.9 Å². The van der Waals surface area contributed by atoms with Crippen LogP contribution in [0.4, 0.5) is 0 Å². The first-order chi connectivity index (χ1) is 12.6. The lowest BCUT2D eigenvalue weighted by atomic mass is 10.2. The van der Waals surface area contributed by atoms with Gasteiger partial charge in [0.2, 0.25) is 0 Å². The van der Waals surface area contributed by atoms with Crippen LogP contribution in [0.5, 0.6) is 11.5 Å². The molecule has 2 aromatic rings. The van der Waals surface area contributed by atoms with Crippen molar-refractivity contribution in [3.63, 3.8) is 0 Å². The van der Waals surface area contributed by atoms with Crippen LogP contribution in [0.15, 0.2) is 48.5 Å². The van der Waals surface area contributed by atoms with E-state index in [9.17, 15) is 0 Å². The summed E-state index contributed by atoms with van der Waals surface area (Å²) in [7, 11) is 0. The summed E-state index contributed by atoms with van der Waals surface area (Å²) in [4.78, 5) is 0. The first-order valence-electron chi connectivity index (χ1n) is 8.71. The summed E-state index contributed by atoms with van der Waals surface area (Å²) in [5, 5.41) is 14.7. The Labute approximate surface area is 178 Å². The lowest BCUT2D eigenvalue weighted by molar-refractivity contribution is 0.287. The molecule has 0 fully saturated rings. The molecule has 0 radical (unpaired) electrons. The van der Waals surface area contributed by atoms with E-state index in [0.717, 1.165) is 37.2 Å². The van der Waals surface area contributed by atoms with E-state index in [1.807, 2.05) is 24.3 Å². The van der Waals surface area contributed by atoms with Crippen LogP contribution in [-0.4, -0.2) is 24.9 Å². The van der Waals surface area contributed by atoms with Crippen LogP contribution in [0.1, 0.15) is 36.8 Å². The zero-order valence-electron chi connectivity index (χ0n) is 15.6. The fourth-order valence-electron chi connectivity index (χ4n) is 2.40. The molecule has 0 aromatic heterocycles. The monoisotopic (exact) mass is 426 g/mol. The average Bonchev–Trinajstić information content (AvgIpc) is 2.64. The van der Waals surface area contributed by atoms with Gasteiger partial charge in [-0.2, -0.15) is 0 Å². The molecule has 28 heavy (non-hydrogen) atoms. The third-order valence-electron chi connectivity index (χ3n) is 3.91. The molecule has 6 N–H and O–H groups in total. The third kappa shape index (κ3) is 8.97. The van der Waals surface area contributed by atoms with Gasteiger partial charge in [-0.15, -0.1) is 24.8 Å². The van der Waals surface area contributed by atoms with Gasteiger partial charge in [0.1, 0.15) is 23.2 Å². The molecule has 0 aliphatic carbocycles. The number of ether oxygens (including phenoxy) is 2. The second-order valence-corrected chi connectivity index (χ2v) is 5.99. The number of amidine groups is 2. The zero-order valence-corrected chi connectivity index (χ0v) is 17.3. The summed E-state index contributed by atoms with van der Waals surface area (Å²) >= 11 is 0. The highest BCUT2D eigenvalue weighted by Gasteiger charge is 1.99. The normalized spacial score (nSPS) is 9.57. The molecule has 8 heteroatoms. The van der Waals surface area contributed by atoms with E-state index in [4.69, 9.17) is 31.8 Å². The van der Waals surface area contributed by atoms with E-state index >= 15 is 0 Å². The van der Waals surface area contributed by atoms with E-state index in [1.165, 1.54) is 0 Å². The SMILES string of the molecule is Cl.Cl.N=C(N)c1ccc(OCCCCCCOc2ccc(C(=N)N)cc2)cc1. The number of rotatable bonds is 11. The van der Waals surface area contributed by atoms with Crippen molar-refractivity contribution in [3.8, 4) is 11.5 Å². The molecule has 0 aliphatic heterocycles. The molecular weight excluding hydrogens is 399 g/mol. The Hall–Kier alpha value is -2.44. The van der Waals surface area contributed by atoms with Crippen molar-refractivity contribution in [2.75, 3.05) is 13.2 Å². The molecule has 0 unspecified atom stereocenters. The van der Waals surface area contributed by atoms with Crippen LogP contribution in [-0.2, 0) is 0 Å². The van der Waals surface area contributed by atoms with Gasteiger partial charge >= 0.3 is 0 Å².